The van der Waals surface area contributed by atoms with E-state index in [-0.39, 0.29) is 5.91 Å². The van der Waals surface area contributed by atoms with Crippen LogP contribution in [-0.4, -0.2) is 19.0 Å². The van der Waals surface area contributed by atoms with Crippen molar-refractivity contribution < 1.29 is 14.3 Å². The van der Waals surface area contributed by atoms with Gasteiger partial charge in [-0.15, -0.1) is 11.3 Å². The number of benzene rings is 1. The van der Waals surface area contributed by atoms with Crippen molar-refractivity contribution in [3.8, 4) is 0 Å². The minimum Gasteiger partial charge on any atom is -0.465 e. The summed E-state index contributed by atoms with van der Waals surface area (Å²) in [6.45, 7) is 1.90. The summed E-state index contributed by atoms with van der Waals surface area (Å²) < 4.78 is 5.55. The van der Waals surface area contributed by atoms with Crippen molar-refractivity contribution in [2.75, 3.05) is 12.4 Å². The van der Waals surface area contributed by atoms with E-state index in [9.17, 15) is 9.59 Å². The Bertz CT molecular complexity index is 695. The van der Waals surface area contributed by atoms with Gasteiger partial charge < -0.3 is 10.1 Å². The largest absolute Gasteiger partial charge is 0.465 e. The highest BCUT2D eigenvalue weighted by Gasteiger charge is 2.15. The van der Waals surface area contributed by atoms with Crippen LogP contribution in [0.5, 0.6) is 0 Å². The summed E-state index contributed by atoms with van der Waals surface area (Å²) in [6, 6.07) is 6.35. The molecule has 0 spiro atoms. The molecule has 0 aliphatic rings. The number of esters is 1. The molecular weight excluding hydrogens is 378 g/mol. The van der Waals surface area contributed by atoms with Crippen LogP contribution >= 0.6 is 38.9 Å². The average Bonchev–Trinajstić information content (AvgIpc) is 2.80. The van der Waals surface area contributed by atoms with Crippen molar-refractivity contribution in [3.05, 3.63) is 49.1 Å². The monoisotopic (exact) mass is 387 g/mol. The molecule has 0 aliphatic carbocycles. The molecule has 0 fully saturated rings. The Balaban J connectivity index is 2.26. The summed E-state index contributed by atoms with van der Waals surface area (Å²) in [5.41, 5.74) is 1.67. The summed E-state index contributed by atoms with van der Waals surface area (Å²) in [5, 5.41) is 3.05. The van der Waals surface area contributed by atoms with Gasteiger partial charge in [-0.05, 0) is 52.7 Å². The molecule has 0 bridgehead atoms. The first kappa shape index (κ1) is 16.0. The Morgan fingerprint density at radius 3 is 2.62 bits per heavy atom. The zero-order valence-corrected chi connectivity index (χ0v) is 14.4. The number of carbonyl (C=O) groups is 2. The maximum atomic E-state index is 12.2. The summed E-state index contributed by atoms with van der Waals surface area (Å²) in [5.74, 6) is -0.769. The van der Waals surface area contributed by atoms with E-state index >= 15 is 0 Å². The van der Waals surface area contributed by atoms with Gasteiger partial charge in [0.25, 0.3) is 5.91 Å². The van der Waals surface area contributed by atoms with E-state index in [4.69, 9.17) is 11.6 Å². The fourth-order valence-corrected chi connectivity index (χ4v) is 3.22. The van der Waals surface area contributed by atoms with Crippen LogP contribution in [0.4, 0.5) is 5.69 Å². The third-order valence-electron chi connectivity index (χ3n) is 2.72. The average molecular weight is 389 g/mol. The first-order chi connectivity index (χ1) is 9.92. The number of thiophene rings is 1. The molecule has 0 unspecified atom stereocenters. The number of methoxy groups -OCH3 is 1. The summed E-state index contributed by atoms with van der Waals surface area (Å²) in [4.78, 5) is 24.2. The number of ether oxygens (including phenoxy) is 1. The molecule has 2 aromatic rings. The van der Waals surface area contributed by atoms with Crippen LogP contribution in [0.15, 0.2) is 28.1 Å². The van der Waals surface area contributed by atoms with Gasteiger partial charge in [-0.1, -0.05) is 11.6 Å². The van der Waals surface area contributed by atoms with Gasteiger partial charge in [0.15, 0.2) is 0 Å². The smallest absolute Gasteiger partial charge is 0.337 e. The highest BCUT2D eigenvalue weighted by atomic mass is 79.9. The predicted octanol–water partition coefficient (Wildman–Crippen LogP) is 4.51. The third-order valence-corrected chi connectivity index (χ3v) is 5.18. The molecule has 4 nitrogen and oxygen atoms in total. The number of anilines is 1. The molecule has 1 amide bonds. The Kier molecular flexibility index (Phi) is 5.03. The van der Waals surface area contributed by atoms with E-state index in [1.54, 1.807) is 12.1 Å². The zero-order chi connectivity index (χ0) is 15.6. The van der Waals surface area contributed by atoms with Crippen LogP contribution in [-0.2, 0) is 4.74 Å². The second kappa shape index (κ2) is 6.60. The van der Waals surface area contributed by atoms with Gasteiger partial charge in [0.2, 0.25) is 0 Å². The third kappa shape index (κ3) is 3.64. The Morgan fingerprint density at radius 1 is 1.33 bits per heavy atom. The maximum absolute atomic E-state index is 12.2. The highest BCUT2D eigenvalue weighted by Crippen LogP contribution is 2.29. The predicted molar refractivity (Wildman–Crippen MR) is 87.5 cm³/mol. The first-order valence-electron chi connectivity index (χ1n) is 5.87. The second-order valence-electron chi connectivity index (χ2n) is 4.21. The Hall–Kier alpha value is -1.37. The number of hydrogen-bond donors (Lipinski definition) is 1. The van der Waals surface area contributed by atoms with Gasteiger partial charge in [0, 0.05) is 0 Å². The molecule has 0 atom stereocenters. The first-order valence-corrected chi connectivity index (χ1v) is 7.86. The fraction of sp³-hybridized carbons (Fsp3) is 0.143. The van der Waals surface area contributed by atoms with Gasteiger partial charge in [-0.2, -0.15) is 0 Å². The van der Waals surface area contributed by atoms with E-state index in [2.05, 4.69) is 26.0 Å². The highest BCUT2D eigenvalue weighted by molar-refractivity contribution is 9.11. The molecule has 0 aliphatic heterocycles. The quantitative estimate of drug-likeness (QED) is 0.787. The maximum Gasteiger partial charge on any atom is 0.337 e. The van der Waals surface area contributed by atoms with Crippen LogP contribution in [0.3, 0.4) is 0 Å². The summed E-state index contributed by atoms with van der Waals surface area (Å²) in [6.07, 6.45) is 0. The SMILES string of the molecule is COC(=O)c1ccc(Cl)c(NC(=O)c2cc(C)c(Br)s2)c1. The number of carbonyl (C=O) groups excluding carboxylic acids is 2. The second-order valence-corrected chi connectivity index (χ2v) is 6.98. The molecule has 1 heterocycles. The molecule has 21 heavy (non-hydrogen) atoms. The molecule has 1 aromatic heterocycles. The van der Waals surface area contributed by atoms with Crippen molar-refractivity contribution in [2.24, 2.45) is 0 Å². The van der Waals surface area contributed by atoms with Crippen molar-refractivity contribution in [2.45, 2.75) is 6.92 Å². The van der Waals surface area contributed by atoms with E-state index in [1.807, 2.05) is 6.92 Å². The topological polar surface area (TPSA) is 55.4 Å². The number of rotatable bonds is 3. The fourth-order valence-electron chi connectivity index (χ4n) is 1.62. The standard InChI is InChI=1S/C14H11BrClNO3S/c1-7-5-11(21-12(7)15)13(18)17-10-6-8(14(19)20-2)3-4-9(10)16/h3-6H,1-2H3,(H,17,18). The minimum atomic E-state index is -0.489. The minimum absolute atomic E-state index is 0.280. The molecule has 7 heteroatoms. The molecule has 0 saturated heterocycles. The molecular formula is C14H11BrClNO3S. The molecule has 2 rings (SSSR count). The van der Waals surface area contributed by atoms with E-state index < -0.39 is 5.97 Å². The van der Waals surface area contributed by atoms with Crippen LogP contribution in [0, 0.1) is 6.92 Å². The van der Waals surface area contributed by atoms with Crippen molar-refractivity contribution in [1.29, 1.82) is 0 Å². The van der Waals surface area contributed by atoms with Gasteiger partial charge in [0.1, 0.15) is 0 Å². The van der Waals surface area contributed by atoms with Crippen LogP contribution in [0.1, 0.15) is 25.6 Å². The number of nitrogens with one attached hydrogen (secondary N) is 1. The zero-order valence-electron chi connectivity index (χ0n) is 11.2. The van der Waals surface area contributed by atoms with Crippen molar-refractivity contribution in [3.63, 3.8) is 0 Å². The van der Waals surface area contributed by atoms with Crippen LogP contribution in [0.2, 0.25) is 5.02 Å². The molecule has 0 saturated carbocycles. The molecule has 1 N–H and O–H groups in total. The molecule has 110 valence electrons. The lowest BCUT2D eigenvalue weighted by Crippen LogP contribution is -2.11. The van der Waals surface area contributed by atoms with Gasteiger partial charge in [-0.3, -0.25) is 4.79 Å². The summed E-state index contributed by atoms with van der Waals surface area (Å²) >= 11 is 10.7. The normalized spacial score (nSPS) is 10.3. The molecule has 1 aromatic carbocycles. The summed E-state index contributed by atoms with van der Waals surface area (Å²) in [7, 11) is 1.29. The Morgan fingerprint density at radius 2 is 2.05 bits per heavy atom. The number of hydrogen-bond acceptors (Lipinski definition) is 4. The van der Waals surface area contributed by atoms with Gasteiger partial charge >= 0.3 is 5.97 Å². The van der Waals surface area contributed by atoms with Gasteiger partial charge in [0.05, 0.1) is 32.0 Å². The lowest BCUT2D eigenvalue weighted by Gasteiger charge is -2.08. The van der Waals surface area contributed by atoms with E-state index in [1.165, 1.54) is 30.6 Å². The number of amides is 1. The lowest BCUT2D eigenvalue weighted by molar-refractivity contribution is 0.0600. The van der Waals surface area contributed by atoms with Gasteiger partial charge in [-0.25, -0.2) is 4.79 Å². The number of halogens is 2. The van der Waals surface area contributed by atoms with Crippen molar-refractivity contribution in [1.82, 2.24) is 0 Å². The van der Waals surface area contributed by atoms with Crippen LogP contribution < -0.4 is 5.32 Å². The molecule has 0 radical (unpaired) electrons. The number of aryl methyl sites for hydroxylation is 1. The van der Waals surface area contributed by atoms with Crippen molar-refractivity contribution >= 4 is 56.4 Å². The van der Waals surface area contributed by atoms with Crippen LogP contribution in [0.25, 0.3) is 0 Å². The lowest BCUT2D eigenvalue weighted by atomic mass is 10.2. The Labute approximate surface area is 139 Å². The van der Waals surface area contributed by atoms with E-state index in [0.29, 0.717) is 21.2 Å². The van der Waals surface area contributed by atoms with E-state index in [0.717, 1.165) is 9.35 Å².